The summed E-state index contributed by atoms with van der Waals surface area (Å²) in [7, 11) is 0. The quantitative estimate of drug-likeness (QED) is 0.466. The summed E-state index contributed by atoms with van der Waals surface area (Å²) < 4.78 is 5.09. The molecule has 94 valence electrons. The summed E-state index contributed by atoms with van der Waals surface area (Å²) >= 11 is 0. The Morgan fingerprint density at radius 2 is 1.89 bits per heavy atom. The number of hydrogen-bond donors (Lipinski definition) is 0. The summed E-state index contributed by atoms with van der Waals surface area (Å²) in [6.45, 7) is 1.26. The first-order valence-electron chi connectivity index (χ1n) is 5.47. The third-order valence-electron chi connectivity index (χ3n) is 2.59. The molecule has 1 aliphatic rings. The monoisotopic (exact) mass is 248 g/mol. The fourth-order valence-electron chi connectivity index (χ4n) is 1.58. The van der Waals surface area contributed by atoms with Gasteiger partial charge in [-0.05, 0) is 17.7 Å². The van der Waals surface area contributed by atoms with E-state index < -0.39 is 4.92 Å². The van der Waals surface area contributed by atoms with Crippen LogP contribution in [0, 0.1) is 10.1 Å². The number of non-ortho nitro benzene ring substituents is 1. The minimum Gasteiger partial charge on any atom is -0.445 e. The highest BCUT2D eigenvalue weighted by Gasteiger charge is 2.15. The summed E-state index contributed by atoms with van der Waals surface area (Å²) in [6.07, 6.45) is 3.42. The van der Waals surface area contributed by atoms with E-state index in [0.29, 0.717) is 13.1 Å². The predicted molar refractivity (Wildman–Crippen MR) is 64.0 cm³/mol. The van der Waals surface area contributed by atoms with Crippen LogP contribution in [0.1, 0.15) is 5.56 Å². The molecular formula is C12H12N2O4. The van der Waals surface area contributed by atoms with Crippen LogP contribution in [0.5, 0.6) is 0 Å². The molecule has 0 unspecified atom stereocenters. The lowest BCUT2D eigenvalue weighted by atomic mass is 10.2. The van der Waals surface area contributed by atoms with Crippen LogP contribution >= 0.6 is 0 Å². The van der Waals surface area contributed by atoms with Gasteiger partial charge in [-0.2, -0.15) is 0 Å². The number of rotatable bonds is 3. The fraction of sp³-hybridized carbons (Fsp3) is 0.250. The van der Waals surface area contributed by atoms with Gasteiger partial charge in [0.2, 0.25) is 0 Å². The van der Waals surface area contributed by atoms with Crippen molar-refractivity contribution in [3.05, 3.63) is 52.1 Å². The van der Waals surface area contributed by atoms with Crippen molar-refractivity contribution >= 4 is 11.8 Å². The molecule has 2 rings (SSSR count). The SMILES string of the molecule is O=C(OCc1ccc([N+](=O)[O-])cc1)N1CC=CC1. The molecule has 18 heavy (non-hydrogen) atoms. The molecule has 1 aromatic carbocycles. The lowest BCUT2D eigenvalue weighted by molar-refractivity contribution is -0.384. The van der Waals surface area contributed by atoms with Crippen molar-refractivity contribution in [3.8, 4) is 0 Å². The van der Waals surface area contributed by atoms with Crippen LogP contribution in [0.2, 0.25) is 0 Å². The molecule has 0 saturated heterocycles. The summed E-state index contributed by atoms with van der Waals surface area (Å²) in [6, 6.07) is 5.93. The largest absolute Gasteiger partial charge is 0.445 e. The lowest BCUT2D eigenvalue weighted by Crippen LogP contribution is -2.28. The van der Waals surface area contributed by atoms with Crippen molar-refractivity contribution in [2.75, 3.05) is 13.1 Å². The molecule has 0 N–H and O–H groups in total. The molecule has 1 amide bonds. The Labute approximate surface area is 104 Å². The maximum absolute atomic E-state index is 11.5. The van der Waals surface area contributed by atoms with Gasteiger partial charge < -0.3 is 9.64 Å². The van der Waals surface area contributed by atoms with E-state index in [1.165, 1.54) is 12.1 Å². The Bertz CT molecular complexity index is 473. The molecule has 1 aromatic rings. The average molecular weight is 248 g/mol. The molecular weight excluding hydrogens is 236 g/mol. The molecule has 1 heterocycles. The molecule has 0 fully saturated rings. The maximum atomic E-state index is 11.5. The number of nitrogens with zero attached hydrogens (tertiary/aromatic N) is 2. The number of ether oxygens (including phenoxy) is 1. The zero-order valence-corrected chi connectivity index (χ0v) is 9.61. The number of hydrogen-bond acceptors (Lipinski definition) is 4. The number of amides is 1. The van der Waals surface area contributed by atoms with E-state index in [4.69, 9.17) is 4.74 Å². The number of benzene rings is 1. The van der Waals surface area contributed by atoms with Gasteiger partial charge >= 0.3 is 6.09 Å². The van der Waals surface area contributed by atoms with Crippen LogP contribution in [-0.4, -0.2) is 29.0 Å². The van der Waals surface area contributed by atoms with E-state index in [0.717, 1.165) is 5.56 Å². The van der Waals surface area contributed by atoms with Gasteiger partial charge in [0.05, 0.1) is 4.92 Å². The van der Waals surface area contributed by atoms with Crippen LogP contribution in [0.3, 0.4) is 0 Å². The van der Waals surface area contributed by atoms with Crippen LogP contribution < -0.4 is 0 Å². The summed E-state index contributed by atoms with van der Waals surface area (Å²) in [4.78, 5) is 23.1. The molecule has 0 aromatic heterocycles. The van der Waals surface area contributed by atoms with Gasteiger partial charge in [0.15, 0.2) is 0 Å². The molecule has 0 aliphatic carbocycles. The smallest absolute Gasteiger partial charge is 0.410 e. The maximum Gasteiger partial charge on any atom is 0.410 e. The van der Waals surface area contributed by atoms with Gasteiger partial charge in [-0.1, -0.05) is 12.2 Å². The highest BCUT2D eigenvalue weighted by molar-refractivity contribution is 5.68. The molecule has 0 saturated carbocycles. The minimum atomic E-state index is -0.467. The normalized spacial score (nSPS) is 13.7. The first-order chi connectivity index (χ1) is 8.66. The second kappa shape index (κ2) is 5.31. The van der Waals surface area contributed by atoms with E-state index in [-0.39, 0.29) is 18.4 Å². The Hall–Kier alpha value is -2.37. The summed E-state index contributed by atoms with van der Waals surface area (Å²) in [5, 5.41) is 10.5. The van der Waals surface area contributed by atoms with Gasteiger partial charge in [-0.15, -0.1) is 0 Å². The number of carbonyl (C=O) groups excluding carboxylic acids is 1. The average Bonchev–Trinajstić information content (AvgIpc) is 2.90. The van der Waals surface area contributed by atoms with Crippen molar-refractivity contribution in [3.63, 3.8) is 0 Å². The molecule has 0 spiro atoms. The van der Waals surface area contributed by atoms with Crippen molar-refractivity contribution in [1.82, 2.24) is 4.90 Å². The van der Waals surface area contributed by atoms with Crippen molar-refractivity contribution < 1.29 is 14.5 Å². The Kier molecular flexibility index (Phi) is 3.57. The topological polar surface area (TPSA) is 72.7 Å². The van der Waals surface area contributed by atoms with E-state index >= 15 is 0 Å². The lowest BCUT2D eigenvalue weighted by Gasteiger charge is -2.14. The Morgan fingerprint density at radius 3 is 2.44 bits per heavy atom. The van der Waals surface area contributed by atoms with E-state index in [2.05, 4.69) is 0 Å². The van der Waals surface area contributed by atoms with Gasteiger partial charge in [-0.25, -0.2) is 4.79 Å². The predicted octanol–water partition coefficient (Wildman–Crippen LogP) is 2.10. The molecule has 0 atom stereocenters. The molecule has 0 radical (unpaired) electrons. The first kappa shape index (κ1) is 12.1. The van der Waals surface area contributed by atoms with Crippen molar-refractivity contribution in [2.24, 2.45) is 0 Å². The summed E-state index contributed by atoms with van der Waals surface area (Å²) in [5.41, 5.74) is 0.745. The van der Waals surface area contributed by atoms with Gasteiger partial charge in [0.1, 0.15) is 6.61 Å². The molecule has 1 aliphatic heterocycles. The van der Waals surface area contributed by atoms with Gasteiger partial charge in [0, 0.05) is 25.2 Å². The van der Waals surface area contributed by atoms with Crippen LogP contribution in [0.15, 0.2) is 36.4 Å². The van der Waals surface area contributed by atoms with E-state index in [1.807, 2.05) is 12.2 Å². The standard InChI is InChI=1S/C12H12N2O4/c15-12(13-7-1-2-8-13)18-9-10-3-5-11(6-4-10)14(16)17/h1-6H,7-9H2. The van der Waals surface area contributed by atoms with Crippen LogP contribution in [0.25, 0.3) is 0 Å². The second-order valence-corrected chi connectivity index (χ2v) is 3.85. The van der Waals surface area contributed by atoms with Crippen LogP contribution in [-0.2, 0) is 11.3 Å². The van der Waals surface area contributed by atoms with Gasteiger partial charge in [-0.3, -0.25) is 10.1 Å². The third-order valence-corrected chi connectivity index (χ3v) is 2.59. The number of nitro groups is 1. The number of nitro benzene ring substituents is 1. The second-order valence-electron chi connectivity index (χ2n) is 3.85. The van der Waals surface area contributed by atoms with Crippen LogP contribution in [0.4, 0.5) is 10.5 Å². The number of carbonyl (C=O) groups is 1. The van der Waals surface area contributed by atoms with Crippen molar-refractivity contribution in [2.45, 2.75) is 6.61 Å². The summed E-state index contributed by atoms with van der Waals surface area (Å²) in [5.74, 6) is 0. The fourth-order valence-corrected chi connectivity index (χ4v) is 1.58. The van der Waals surface area contributed by atoms with E-state index in [1.54, 1.807) is 17.0 Å². The Balaban J connectivity index is 1.86. The van der Waals surface area contributed by atoms with Gasteiger partial charge in [0.25, 0.3) is 5.69 Å². The van der Waals surface area contributed by atoms with Crippen molar-refractivity contribution in [1.29, 1.82) is 0 Å². The molecule has 6 heteroatoms. The molecule has 0 bridgehead atoms. The Morgan fingerprint density at radius 1 is 1.28 bits per heavy atom. The minimum absolute atomic E-state index is 0.0221. The first-order valence-corrected chi connectivity index (χ1v) is 5.47. The third kappa shape index (κ3) is 2.85. The zero-order valence-electron chi connectivity index (χ0n) is 9.61. The van der Waals surface area contributed by atoms with E-state index in [9.17, 15) is 14.9 Å². The highest BCUT2D eigenvalue weighted by atomic mass is 16.6. The zero-order chi connectivity index (χ0) is 13.0. The highest BCUT2D eigenvalue weighted by Crippen LogP contribution is 2.13. The molecule has 6 nitrogen and oxygen atoms in total.